The standard InChI is InChI=1S/C14H13ClN6O3/c1-2-21-7-9(15)11(19-21)14(23)17-6-10-18-12(20-24-10)8-4-3-5-16-13(8)22/h3-5,7-8H,2,6H2,1H3,(H,17,23). The number of halogens is 1. The molecule has 9 nitrogen and oxygen atoms in total. The number of allylic oxidation sites excluding steroid dienone is 1. The predicted octanol–water partition coefficient (Wildman–Crippen LogP) is 1.12. The van der Waals surface area contributed by atoms with Crippen molar-refractivity contribution in [2.75, 3.05) is 0 Å². The molecule has 0 radical (unpaired) electrons. The third-order valence-electron chi connectivity index (χ3n) is 3.28. The fourth-order valence-electron chi connectivity index (χ4n) is 2.06. The molecule has 0 aromatic carbocycles. The lowest BCUT2D eigenvalue weighted by molar-refractivity contribution is -0.118. The van der Waals surface area contributed by atoms with Crippen LogP contribution in [-0.2, 0) is 17.9 Å². The van der Waals surface area contributed by atoms with Crippen molar-refractivity contribution in [3.05, 3.63) is 40.8 Å². The van der Waals surface area contributed by atoms with Gasteiger partial charge in [0.05, 0.1) is 11.6 Å². The van der Waals surface area contributed by atoms with E-state index in [9.17, 15) is 9.59 Å². The van der Waals surface area contributed by atoms with Crippen molar-refractivity contribution in [3.8, 4) is 0 Å². The highest BCUT2D eigenvalue weighted by atomic mass is 35.5. The van der Waals surface area contributed by atoms with Gasteiger partial charge >= 0.3 is 0 Å². The number of hydrogen-bond acceptors (Lipinski definition) is 6. The second-order valence-electron chi connectivity index (χ2n) is 4.89. The first kappa shape index (κ1) is 16.1. The summed E-state index contributed by atoms with van der Waals surface area (Å²) in [4.78, 5) is 31.5. The highest BCUT2D eigenvalue weighted by Gasteiger charge is 2.24. The molecule has 0 fully saturated rings. The summed E-state index contributed by atoms with van der Waals surface area (Å²) in [7, 11) is 0. The first-order valence-electron chi connectivity index (χ1n) is 7.16. The van der Waals surface area contributed by atoms with Crippen LogP contribution < -0.4 is 5.32 Å². The highest BCUT2D eigenvalue weighted by molar-refractivity contribution is 6.33. The number of carbonyl (C=O) groups excluding carboxylic acids is 2. The van der Waals surface area contributed by atoms with Crippen LogP contribution in [0.15, 0.2) is 27.9 Å². The molecule has 0 saturated heterocycles. The lowest BCUT2D eigenvalue weighted by atomic mass is 10.1. The number of rotatable bonds is 5. The van der Waals surface area contributed by atoms with Crippen LogP contribution >= 0.6 is 11.6 Å². The molecule has 2 aromatic heterocycles. The quantitative estimate of drug-likeness (QED) is 0.865. The van der Waals surface area contributed by atoms with E-state index in [1.54, 1.807) is 23.0 Å². The van der Waals surface area contributed by atoms with E-state index in [1.807, 2.05) is 6.92 Å². The summed E-state index contributed by atoms with van der Waals surface area (Å²) in [5, 5.41) is 10.7. The van der Waals surface area contributed by atoms with Crippen molar-refractivity contribution < 1.29 is 14.1 Å². The van der Waals surface area contributed by atoms with Crippen LogP contribution in [0.5, 0.6) is 0 Å². The molecule has 2 aromatic rings. The molecule has 124 valence electrons. The van der Waals surface area contributed by atoms with E-state index in [0.29, 0.717) is 6.54 Å². The Morgan fingerprint density at radius 1 is 1.50 bits per heavy atom. The van der Waals surface area contributed by atoms with Crippen LogP contribution in [0.4, 0.5) is 0 Å². The summed E-state index contributed by atoms with van der Waals surface area (Å²) >= 11 is 5.97. The number of aromatic nitrogens is 4. The molecule has 0 bridgehead atoms. The average Bonchev–Trinajstić information content (AvgIpc) is 3.19. The van der Waals surface area contributed by atoms with Gasteiger partial charge in [-0.1, -0.05) is 22.8 Å². The van der Waals surface area contributed by atoms with Crippen molar-refractivity contribution in [2.45, 2.75) is 25.9 Å². The van der Waals surface area contributed by atoms with Crippen molar-refractivity contribution in [3.63, 3.8) is 0 Å². The number of nitrogens with zero attached hydrogens (tertiary/aromatic N) is 5. The Morgan fingerprint density at radius 3 is 3.04 bits per heavy atom. The minimum Gasteiger partial charge on any atom is -0.342 e. The summed E-state index contributed by atoms with van der Waals surface area (Å²) in [5.41, 5.74) is 0.123. The molecule has 0 spiro atoms. The van der Waals surface area contributed by atoms with Crippen LogP contribution in [0.1, 0.15) is 35.0 Å². The van der Waals surface area contributed by atoms with Gasteiger partial charge in [0, 0.05) is 19.0 Å². The van der Waals surface area contributed by atoms with E-state index in [4.69, 9.17) is 16.1 Å². The zero-order valence-electron chi connectivity index (χ0n) is 12.6. The fourth-order valence-corrected chi connectivity index (χ4v) is 2.29. The summed E-state index contributed by atoms with van der Waals surface area (Å²) in [5.74, 6) is -1.13. The molecule has 24 heavy (non-hydrogen) atoms. The maximum Gasteiger partial charge on any atom is 0.273 e. The number of hydrogen-bond donors (Lipinski definition) is 1. The van der Waals surface area contributed by atoms with E-state index in [1.165, 1.54) is 6.21 Å². The Labute approximate surface area is 141 Å². The third kappa shape index (κ3) is 3.25. The predicted molar refractivity (Wildman–Crippen MR) is 83.8 cm³/mol. The molecule has 10 heteroatoms. The first-order valence-corrected chi connectivity index (χ1v) is 7.54. The Morgan fingerprint density at radius 2 is 2.33 bits per heavy atom. The minimum atomic E-state index is -0.669. The van der Waals surface area contributed by atoms with Crippen LogP contribution in [0.3, 0.4) is 0 Å². The molecule has 1 N–H and O–H groups in total. The highest BCUT2D eigenvalue weighted by Crippen LogP contribution is 2.18. The minimum absolute atomic E-state index is 0.00492. The van der Waals surface area contributed by atoms with Gasteiger partial charge in [0.2, 0.25) is 5.89 Å². The average molecular weight is 349 g/mol. The lowest BCUT2D eigenvalue weighted by Crippen LogP contribution is -2.24. The van der Waals surface area contributed by atoms with Gasteiger partial charge in [-0.15, -0.1) is 0 Å². The van der Waals surface area contributed by atoms with Gasteiger partial charge in [-0.2, -0.15) is 10.1 Å². The molecule has 1 atom stereocenters. The van der Waals surface area contributed by atoms with E-state index >= 15 is 0 Å². The number of aryl methyl sites for hydroxylation is 1. The van der Waals surface area contributed by atoms with Crippen LogP contribution in [0, 0.1) is 0 Å². The van der Waals surface area contributed by atoms with Crippen molar-refractivity contribution in [1.82, 2.24) is 25.2 Å². The lowest BCUT2D eigenvalue weighted by Gasteiger charge is -2.04. The Balaban J connectivity index is 1.64. The third-order valence-corrected chi connectivity index (χ3v) is 3.55. The second kappa shape index (κ2) is 6.75. The number of dihydropyridines is 1. The zero-order valence-corrected chi connectivity index (χ0v) is 13.4. The van der Waals surface area contributed by atoms with E-state index in [2.05, 4.69) is 25.5 Å². The van der Waals surface area contributed by atoms with Crippen LogP contribution in [-0.4, -0.2) is 38.0 Å². The molecule has 0 aliphatic carbocycles. The molecule has 3 heterocycles. The number of carbonyl (C=O) groups is 2. The summed E-state index contributed by atoms with van der Waals surface area (Å²) in [6, 6.07) is 0. The van der Waals surface area contributed by atoms with Gasteiger partial charge in [0.25, 0.3) is 11.8 Å². The van der Waals surface area contributed by atoms with Crippen molar-refractivity contribution in [2.24, 2.45) is 4.99 Å². The molecule has 0 saturated carbocycles. The van der Waals surface area contributed by atoms with E-state index < -0.39 is 11.8 Å². The largest absolute Gasteiger partial charge is 0.342 e. The normalized spacial score (nSPS) is 16.6. The van der Waals surface area contributed by atoms with Gasteiger partial charge in [-0.3, -0.25) is 14.3 Å². The maximum atomic E-state index is 12.1. The molecule has 3 rings (SSSR count). The zero-order chi connectivity index (χ0) is 17.1. The van der Waals surface area contributed by atoms with E-state index in [0.717, 1.165) is 0 Å². The summed E-state index contributed by atoms with van der Waals surface area (Å²) < 4.78 is 6.60. The van der Waals surface area contributed by atoms with Crippen LogP contribution in [0.25, 0.3) is 0 Å². The molecular weight excluding hydrogens is 336 g/mol. The molecular formula is C14H13ClN6O3. The molecule has 2 amide bonds. The Bertz CT molecular complexity index is 837. The summed E-state index contributed by atoms with van der Waals surface area (Å²) in [6.07, 6.45) is 6.23. The SMILES string of the molecule is CCn1cc(Cl)c(C(=O)NCc2nc(C3C=CC=NC3=O)no2)n1. The molecule has 1 unspecified atom stereocenters. The first-order chi connectivity index (χ1) is 11.6. The Kier molecular flexibility index (Phi) is 4.52. The van der Waals surface area contributed by atoms with Crippen LogP contribution in [0.2, 0.25) is 5.02 Å². The fraction of sp³-hybridized carbons (Fsp3) is 0.286. The van der Waals surface area contributed by atoms with Gasteiger partial charge in [0.15, 0.2) is 11.5 Å². The Hall–Kier alpha value is -2.81. The van der Waals surface area contributed by atoms with Gasteiger partial charge in [-0.05, 0) is 13.0 Å². The van der Waals surface area contributed by atoms with Gasteiger partial charge in [-0.25, -0.2) is 4.99 Å². The van der Waals surface area contributed by atoms with Crippen molar-refractivity contribution >= 4 is 29.6 Å². The van der Waals surface area contributed by atoms with Gasteiger partial charge in [0.1, 0.15) is 5.92 Å². The smallest absolute Gasteiger partial charge is 0.273 e. The number of nitrogens with one attached hydrogen (secondary N) is 1. The topological polar surface area (TPSA) is 115 Å². The maximum absolute atomic E-state index is 12.1. The molecule has 1 aliphatic rings. The second-order valence-corrected chi connectivity index (χ2v) is 5.30. The molecule has 1 aliphatic heterocycles. The number of aliphatic imine (C=N–C) groups is 1. The van der Waals surface area contributed by atoms with Crippen molar-refractivity contribution in [1.29, 1.82) is 0 Å². The van der Waals surface area contributed by atoms with E-state index in [-0.39, 0.29) is 34.9 Å². The monoisotopic (exact) mass is 348 g/mol. The summed E-state index contributed by atoms with van der Waals surface area (Å²) in [6.45, 7) is 2.48. The number of amides is 2. The van der Waals surface area contributed by atoms with Gasteiger partial charge < -0.3 is 9.84 Å².